The van der Waals surface area contributed by atoms with E-state index in [2.05, 4.69) is 13.8 Å². The van der Waals surface area contributed by atoms with E-state index < -0.39 is 0 Å². The fourth-order valence-electron chi connectivity index (χ4n) is 1.21. The summed E-state index contributed by atoms with van der Waals surface area (Å²) < 4.78 is 0. The van der Waals surface area contributed by atoms with Crippen LogP contribution < -0.4 is 0 Å². The number of hydrogen-bond donors (Lipinski definition) is 0. The third-order valence-corrected chi connectivity index (χ3v) is 1.96. The summed E-state index contributed by atoms with van der Waals surface area (Å²) in [4.78, 5) is 0. The van der Waals surface area contributed by atoms with Gasteiger partial charge in [-0.1, -0.05) is 65.2 Å². The molecular weight excluding hydrogens is 152 g/mol. The SMILES string of the molecule is CCCCCCCCCC.S. The van der Waals surface area contributed by atoms with Gasteiger partial charge in [0.25, 0.3) is 0 Å². The molecule has 0 amide bonds. The van der Waals surface area contributed by atoms with Gasteiger partial charge in [0.05, 0.1) is 0 Å². The Balaban J connectivity index is 0. The summed E-state index contributed by atoms with van der Waals surface area (Å²) in [5.41, 5.74) is 0. The summed E-state index contributed by atoms with van der Waals surface area (Å²) in [5.74, 6) is 0. The highest BCUT2D eigenvalue weighted by Gasteiger charge is 1.87. The lowest BCUT2D eigenvalue weighted by molar-refractivity contribution is 0.585. The predicted molar refractivity (Wildman–Crippen MR) is 58.7 cm³/mol. The molecule has 0 bridgehead atoms. The molecule has 0 aliphatic rings. The van der Waals surface area contributed by atoms with Crippen LogP contribution in [0.2, 0.25) is 0 Å². The van der Waals surface area contributed by atoms with Crippen LogP contribution in [-0.2, 0) is 0 Å². The lowest BCUT2D eigenvalue weighted by atomic mass is 10.1. The van der Waals surface area contributed by atoms with Gasteiger partial charge >= 0.3 is 0 Å². The van der Waals surface area contributed by atoms with Gasteiger partial charge in [-0.25, -0.2) is 0 Å². The first-order chi connectivity index (χ1) is 4.91. The zero-order valence-electron chi connectivity index (χ0n) is 8.16. The zero-order chi connectivity index (χ0) is 7.66. The van der Waals surface area contributed by atoms with Gasteiger partial charge in [-0.3, -0.25) is 0 Å². The fourth-order valence-corrected chi connectivity index (χ4v) is 1.21. The molecule has 0 unspecified atom stereocenters. The average Bonchev–Trinajstić information content (AvgIpc) is 1.97. The van der Waals surface area contributed by atoms with Crippen molar-refractivity contribution >= 4 is 13.5 Å². The Morgan fingerprint density at radius 2 is 0.818 bits per heavy atom. The zero-order valence-corrected chi connectivity index (χ0v) is 9.16. The Bertz CT molecular complexity index is 44.8. The van der Waals surface area contributed by atoms with E-state index in [-0.39, 0.29) is 13.5 Å². The van der Waals surface area contributed by atoms with Crippen LogP contribution in [0.4, 0.5) is 0 Å². The minimum atomic E-state index is 0. The van der Waals surface area contributed by atoms with Crippen LogP contribution in [0.3, 0.4) is 0 Å². The second kappa shape index (κ2) is 13.0. The smallest absolute Gasteiger partial charge is 0.0533 e. The van der Waals surface area contributed by atoms with Crippen molar-refractivity contribution in [3.05, 3.63) is 0 Å². The highest BCUT2D eigenvalue weighted by molar-refractivity contribution is 7.59. The molecule has 0 heterocycles. The molecule has 0 aromatic heterocycles. The molecule has 0 spiro atoms. The Morgan fingerprint density at radius 1 is 0.545 bits per heavy atom. The van der Waals surface area contributed by atoms with Crippen molar-refractivity contribution in [2.75, 3.05) is 0 Å². The van der Waals surface area contributed by atoms with Crippen LogP contribution in [-0.4, -0.2) is 0 Å². The van der Waals surface area contributed by atoms with E-state index in [0.717, 1.165) is 0 Å². The summed E-state index contributed by atoms with van der Waals surface area (Å²) in [6.07, 6.45) is 11.5. The van der Waals surface area contributed by atoms with Crippen molar-refractivity contribution in [3.63, 3.8) is 0 Å². The molecule has 0 aliphatic carbocycles. The predicted octanol–water partition coefficient (Wildman–Crippen LogP) is 4.26. The first-order valence-electron chi connectivity index (χ1n) is 4.91. The molecule has 11 heavy (non-hydrogen) atoms. The first kappa shape index (κ1) is 13.9. The van der Waals surface area contributed by atoms with Gasteiger partial charge in [0.2, 0.25) is 0 Å². The Morgan fingerprint density at radius 3 is 1.09 bits per heavy atom. The maximum Gasteiger partial charge on any atom is -0.0533 e. The maximum atomic E-state index is 2.27. The van der Waals surface area contributed by atoms with Crippen LogP contribution in [0.25, 0.3) is 0 Å². The molecule has 70 valence electrons. The molecule has 0 radical (unpaired) electrons. The van der Waals surface area contributed by atoms with E-state index in [1.807, 2.05) is 0 Å². The van der Waals surface area contributed by atoms with E-state index in [1.165, 1.54) is 51.4 Å². The summed E-state index contributed by atoms with van der Waals surface area (Å²) >= 11 is 0. The normalized spacial score (nSPS) is 9.27. The second-order valence-electron chi connectivity index (χ2n) is 3.12. The lowest BCUT2D eigenvalue weighted by Gasteiger charge is -1.97. The first-order valence-corrected chi connectivity index (χ1v) is 4.91. The minimum absolute atomic E-state index is 0. The molecule has 1 heteroatoms. The van der Waals surface area contributed by atoms with Crippen molar-refractivity contribution in [1.82, 2.24) is 0 Å². The number of unbranched alkanes of at least 4 members (excludes halogenated alkanes) is 7. The van der Waals surface area contributed by atoms with E-state index in [4.69, 9.17) is 0 Å². The molecule has 0 rings (SSSR count). The van der Waals surface area contributed by atoms with Crippen molar-refractivity contribution in [1.29, 1.82) is 0 Å². The molecule has 0 aromatic carbocycles. The summed E-state index contributed by atoms with van der Waals surface area (Å²) in [7, 11) is 0. The molecule has 0 saturated heterocycles. The monoisotopic (exact) mass is 176 g/mol. The highest BCUT2D eigenvalue weighted by Crippen LogP contribution is 2.07. The van der Waals surface area contributed by atoms with Gasteiger partial charge in [0.15, 0.2) is 0 Å². The van der Waals surface area contributed by atoms with Gasteiger partial charge < -0.3 is 0 Å². The molecule has 0 aliphatic heterocycles. The molecule has 0 nitrogen and oxygen atoms in total. The van der Waals surface area contributed by atoms with E-state index in [0.29, 0.717) is 0 Å². The van der Waals surface area contributed by atoms with Gasteiger partial charge in [-0.2, -0.15) is 13.5 Å². The van der Waals surface area contributed by atoms with Crippen molar-refractivity contribution < 1.29 is 0 Å². The average molecular weight is 176 g/mol. The van der Waals surface area contributed by atoms with E-state index >= 15 is 0 Å². The van der Waals surface area contributed by atoms with Crippen molar-refractivity contribution in [3.8, 4) is 0 Å². The Kier molecular flexibility index (Phi) is 16.4. The third kappa shape index (κ3) is 13.4. The van der Waals surface area contributed by atoms with Gasteiger partial charge in [-0.15, -0.1) is 0 Å². The molecule has 0 aromatic rings. The van der Waals surface area contributed by atoms with Crippen LogP contribution >= 0.6 is 13.5 Å². The standard InChI is InChI=1S/C10H22.H2S/c1-3-5-7-9-10-8-6-4-2;/h3-10H2,1-2H3;1H2. The topological polar surface area (TPSA) is 0 Å². The van der Waals surface area contributed by atoms with Gasteiger partial charge in [0.1, 0.15) is 0 Å². The largest absolute Gasteiger partial charge is 0.197 e. The molecule has 0 atom stereocenters. The third-order valence-electron chi connectivity index (χ3n) is 1.96. The quantitative estimate of drug-likeness (QED) is 0.508. The van der Waals surface area contributed by atoms with Crippen LogP contribution in [0.5, 0.6) is 0 Å². The molecule has 0 N–H and O–H groups in total. The fraction of sp³-hybridized carbons (Fsp3) is 1.00. The summed E-state index contributed by atoms with van der Waals surface area (Å²) in [6.45, 7) is 4.54. The Labute approximate surface area is 79.2 Å². The molecular formula is C10H24S. The van der Waals surface area contributed by atoms with Crippen LogP contribution in [0.1, 0.15) is 65.2 Å². The van der Waals surface area contributed by atoms with Crippen LogP contribution in [0.15, 0.2) is 0 Å². The minimum Gasteiger partial charge on any atom is -0.197 e. The van der Waals surface area contributed by atoms with Crippen molar-refractivity contribution in [2.45, 2.75) is 65.2 Å². The number of rotatable bonds is 7. The number of hydrogen-bond acceptors (Lipinski definition) is 0. The van der Waals surface area contributed by atoms with Crippen molar-refractivity contribution in [2.24, 2.45) is 0 Å². The van der Waals surface area contributed by atoms with Gasteiger partial charge in [0, 0.05) is 0 Å². The molecule has 0 saturated carbocycles. The summed E-state index contributed by atoms with van der Waals surface area (Å²) in [6, 6.07) is 0. The summed E-state index contributed by atoms with van der Waals surface area (Å²) in [5, 5.41) is 0. The highest BCUT2D eigenvalue weighted by atomic mass is 32.1. The van der Waals surface area contributed by atoms with Gasteiger partial charge in [-0.05, 0) is 0 Å². The van der Waals surface area contributed by atoms with Crippen LogP contribution in [0, 0.1) is 0 Å². The molecule has 0 fully saturated rings. The maximum absolute atomic E-state index is 2.27. The van der Waals surface area contributed by atoms with E-state index in [9.17, 15) is 0 Å². The second-order valence-corrected chi connectivity index (χ2v) is 3.12. The lowest BCUT2D eigenvalue weighted by Crippen LogP contribution is -1.77. The van der Waals surface area contributed by atoms with E-state index in [1.54, 1.807) is 0 Å². The Hall–Kier alpha value is 0.350.